The van der Waals surface area contributed by atoms with Crippen LogP contribution in [-0.4, -0.2) is 85.6 Å². The molecule has 1 aliphatic heterocycles. The lowest BCUT2D eigenvalue weighted by Crippen LogP contribution is -2.49. The number of ether oxygens (including phenoxy) is 3. The normalized spacial score (nSPS) is 15.8. The molecule has 0 saturated carbocycles. The molecule has 40 heavy (non-hydrogen) atoms. The fourth-order valence-corrected chi connectivity index (χ4v) is 3.53. The van der Waals surface area contributed by atoms with E-state index < -0.39 is 35.9 Å². The first-order valence-electron chi connectivity index (χ1n) is 13.0. The van der Waals surface area contributed by atoms with Gasteiger partial charge in [-0.25, -0.2) is 14.4 Å². The maximum absolute atomic E-state index is 12.8. The molecule has 2 atom stereocenters. The number of likely N-dealkylation sites (N-methyl/N-ethyl adjacent to an activating group) is 1. The Kier molecular flexibility index (Phi) is 11.9. The van der Waals surface area contributed by atoms with Crippen molar-refractivity contribution in [3.8, 4) is 0 Å². The molecular formula is C27H39N5O8. The molecule has 13 nitrogen and oxygen atoms in total. The van der Waals surface area contributed by atoms with Gasteiger partial charge in [-0.05, 0) is 32.8 Å². The zero-order valence-corrected chi connectivity index (χ0v) is 23.9. The predicted octanol–water partition coefficient (Wildman–Crippen LogP) is 2.74. The second kappa shape index (κ2) is 14.8. The Labute approximate surface area is 234 Å². The number of nitrogens with two attached hydrogens (primary N) is 1. The molecule has 220 valence electrons. The number of alkyl carbamates (subject to hydrolysis) is 1. The number of nitrogens with zero attached hydrogens (tertiary/aromatic N) is 3. The quantitative estimate of drug-likeness (QED) is 0.135. The molecule has 13 heteroatoms. The van der Waals surface area contributed by atoms with Gasteiger partial charge in [0.2, 0.25) is 5.91 Å². The number of amides is 3. The smallest absolute Gasteiger partial charge is 0.436 e. The largest absolute Gasteiger partial charge is 0.467 e. The third kappa shape index (κ3) is 10.5. The third-order valence-corrected chi connectivity index (χ3v) is 5.65. The van der Waals surface area contributed by atoms with E-state index in [2.05, 4.69) is 15.5 Å². The van der Waals surface area contributed by atoms with Crippen LogP contribution in [0.4, 0.5) is 9.59 Å². The van der Waals surface area contributed by atoms with Crippen LogP contribution in [0.5, 0.6) is 0 Å². The first-order chi connectivity index (χ1) is 18.8. The molecule has 0 bridgehead atoms. The van der Waals surface area contributed by atoms with Crippen molar-refractivity contribution < 1.29 is 38.2 Å². The number of carbonyl (C=O) groups excluding carboxylic acids is 4. The van der Waals surface area contributed by atoms with Gasteiger partial charge in [0.15, 0.2) is 0 Å². The second-order valence-corrected chi connectivity index (χ2v) is 10.2. The maximum atomic E-state index is 12.8. The van der Waals surface area contributed by atoms with E-state index in [1.807, 2.05) is 6.92 Å². The molecule has 3 N–H and O–H groups in total. The highest BCUT2D eigenvalue weighted by molar-refractivity contribution is 6.05. The summed E-state index contributed by atoms with van der Waals surface area (Å²) in [6.45, 7) is 7.28. The highest BCUT2D eigenvalue weighted by Crippen LogP contribution is 2.20. The van der Waals surface area contributed by atoms with Crippen LogP contribution < -0.4 is 11.1 Å². The van der Waals surface area contributed by atoms with Gasteiger partial charge in [0.25, 0.3) is 0 Å². The number of carbonyl (C=O) groups is 4. The summed E-state index contributed by atoms with van der Waals surface area (Å²) in [4.78, 5) is 59.4. The number of benzene rings is 1. The molecule has 3 amide bonds. The Morgan fingerprint density at radius 2 is 1.90 bits per heavy atom. The van der Waals surface area contributed by atoms with E-state index in [4.69, 9.17) is 24.8 Å². The van der Waals surface area contributed by atoms with Gasteiger partial charge in [0, 0.05) is 19.0 Å². The van der Waals surface area contributed by atoms with Crippen LogP contribution in [0.25, 0.3) is 0 Å². The monoisotopic (exact) mass is 561 g/mol. The summed E-state index contributed by atoms with van der Waals surface area (Å²) in [5, 5.41) is 6.54. The van der Waals surface area contributed by atoms with Gasteiger partial charge in [-0.15, -0.1) is 0 Å². The number of rotatable bonds is 11. The van der Waals surface area contributed by atoms with Gasteiger partial charge in [-0.3, -0.25) is 4.79 Å². The lowest BCUT2D eigenvalue weighted by molar-refractivity contribution is -0.144. The number of esters is 1. The van der Waals surface area contributed by atoms with Crippen LogP contribution in [0, 0.1) is 0 Å². The minimum atomic E-state index is -1.09. The molecule has 1 heterocycles. The SMILES string of the molecule is CCCCOC(=O)N[C@@H](CN(C)C(=O)CC1CC(c2ccc(/C(N)=N/C(=O)OC(C)(C)C)cc2)=NO1)C(=O)OC. The van der Waals surface area contributed by atoms with Crippen molar-refractivity contribution in [1.29, 1.82) is 0 Å². The first kappa shape index (κ1) is 32.1. The van der Waals surface area contributed by atoms with Gasteiger partial charge < -0.3 is 35.0 Å². The van der Waals surface area contributed by atoms with Crippen molar-refractivity contribution in [2.75, 3.05) is 27.3 Å². The molecule has 1 aliphatic rings. The minimum absolute atomic E-state index is 0.00587. The second-order valence-electron chi connectivity index (χ2n) is 10.2. The van der Waals surface area contributed by atoms with E-state index in [1.165, 1.54) is 19.1 Å². The molecule has 0 aromatic heterocycles. The number of methoxy groups -OCH3 is 1. The van der Waals surface area contributed by atoms with E-state index in [1.54, 1.807) is 45.0 Å². The van der Waals surface area contributed by atoms with E-state index in [0.29, 0.717) is 24.1 Å². The van der Waals surface area contributed by atoms with E-state index in [0.717, 1.165) is 12.0 Å². The third-order valence-electron chi connectivity index (χ3n) is 5.65. The minimum Gasteiger partial charge on any atom is -0.467 e. The summed E-state index contributed by atoms with van der Waals surface area (Å²) in [6, 6.07) is 5.82. The molecular weight excluding hydrogens is 522 g/mol. The fourth-order valence-electron chi connectivity index (χ4n) is 3.53. The Balaban J connectivity index is 1.91. The Bertz CT molecular complexity index is 1110. The van der Waals surface area contributed by atoms with Gasteiger partial charge in [-0.1, -0.05) is 42.8 Å². The fraction of sp³-hybridized carbons (Fsp3) is 0.556. The average molecular weight is 562 g/mol. The van der Waals surface area contributed by atoms with Gasteiger partial charge in [-0.2, -0.15) is 4.99 Å². The number of aliphatic imine (C=N–C) groups is 1. The van der Waals surface area contributed by atoms with Crippen LogP contribution in [0.1, 0.15) is 64.5 Å². The standard InChI is InChI=1S/C27H39N5O8/c1-7-8-13-38-25(35)29-21(24(34)37-6)16-32(5)22(33)15-19-14-20(31-40-19)17-9-11-18(12-10-17)23(28)30-26(36)39-27(2,3)4/h9-12,19,21H,7-8,13-16H2,1-6H3,(H,29,35)(H2,28,30,36)/t19?,21-/m0/s1. The van der Waals surface area contributed by atoms with E-state index in [-0.39, 0.29) is 31.3 Å². The summed E-state index contributed by atoms with van der Waals surface area (Å²) in [5.74, 6) is -0.987. The number of amidine groups is 1. The van der Waals surface area contributed by atoms with E-state index >= 15 is 0 Å². The van der Waals surface area contributed by atoms with Crippen molar-refractivity contribution in [2.45, 2.75) is 71.1 Å². The summed E-state index contributed by atoms with van der Waals surface area (Å²) in [5.41, 5.74) is 7.18. The van der Waals surface area contributed by atoms with Crippen LogP contribution in [0.2, 0.25) is 0 Å². The Hall–Kier alpha value is -4.16. The first-order valence-corrected chi connectivity index (χ1v) is 13.0. The summed E-state index contributed by atoms with van der Waals surface area (Å²) in [6.07, 6.45) is -0.113. The molecule has 0 spiro atoms. The number of unbranched alkanes of at least 4 members (excludes halogenated alkanes) is 1. The van der Waals surface area contributed by atoms with Crippen LogP contribution in [-0.2, 0) is 28.6 Å². The van der Waals surface area contributed by atoms with Crippen LogP contribution in [0.15, 0.2) is 34.4 Å². The molecule has 0 aliphatic carbocycles. The van der Waals surface area contributed by atoms with Gasteiger partial charge >= 0.3 is 18.2 Å². The number of nitrogens with one attached hydrogen (secondary N) is 1. The summed E-state index contributed by atoms with van der Waals surface area (Å²) < 4.78 is 14.9. The van der Waals surface area contributed by atoms with E-state index in [9.17, 15) is 19.2 Å². The number of hydrogen-bond donors (Lipinski definition) is 2. The molecule has 0 saturated heterocycles. The zero-order valence-electron chi connectivity index (χ0n) is 23.9. The summed E-state index contributed by atoms with van der Waals surface area (Å²) in [7, 11) is 2.71. The highest BCUT2D eigenvalue weighted by Gasteiger charge is 2.29. The number of oxime groups is 1. The van der Waals surface area contributed by atoms with Crippen molar-refractivity contribution in [2.24, 2.45) is 15.9 Å². The molecule has 0 fully saturated rings. The van der Waals surface area contributed by atoms with Crippen LogP contribution in [0.3, 0.4) is 0 Å². The van der Waals surface area contributed by atoms with Gasteiger partial charge in [0.1, 0.15) is 23.6 Å². The lowest BCUT2D eigenvalue weighted by atomic mass is 10.0. The Morgan fingerprint density at radius 3 is 2.50 bits per heavy atom. The molecule has 1 unspecified atom stereocenters. The average Bonchev–Trinajstić information content (AvgIpc) is 3.35. The van der Waals surface area contributed by atoms with Crippen molar-refractivity contribution in [3.05, 3.63) is 35.4 Å². The highest BCUT2D eigenvalue weighted by atomic mass is 16.6. The molecule has 0 radical (unpaired) electrons. The van der Waals surface area contributed by atoms with Crippen LogP contribution >= 0.6 is 0 Å². The van der Waals surface area contributed by atoms with Gasteiger partial charge in [0.05, 0.1) is 32.4 Å². The Morgan fingerprint density at radius 1 is 1.23 bits per heavy atom. The molecule has 2 rings (SSSR count). The lowest BCUT2D eigenvalue weighted by Gasteiger charge is -2.24. The molecule has 1 aromatic carbocycles. The van der Waals surface area contributed by atoms with Crippen molar-refractivity contribution >= 4 is 35.6 Å². The predicted molar refractivity (Wildman–Crippen MR) is 147 cm³/mol. The number of hydrogen-bond acceptors (Lipinski definition) is 9. The maximum Gasteiger partial charge on any atom is 0.436 e. The zero-order chi connectivity index (χ0) is 29.9. The summed E-state index contributed by atoms with van der Waals surface area (Å²) >= 11 is 0. The molecule has 1 aromatic rings. The van der Waals surface area contributed by atoms with Crippen molar-refractivity contribution in [3.63, 3.8) is 0 Å². The van der Waals surface area contributed by atoms with Crippen molar-refractivity contribution in [1.82, 2.24) is 10.2 Å². The topological polar surface area (TPSA) is 171 Å².